The van der Waals surface area contributed by atoms with E-state index in [1.165, 1.54) is 0 Å². The zero-order chi connectivity index (χ0) is 13.3. The summed E-state index contributed by atoms with van der Waals surface area (Å²) in [6.45, 7) is 3.50. The zero-order valence-corrected chi connectivity index (χ0v) is 10.7. The van der Waals surface area contributed by atoms with Crippen LogP contribution in [0.1, 0.15) is 20.3 Å². The van der Waals surface area contributed by atoms with Crippen LogP contribution in [0.3, 0.4) is 0 Å². The van der Waals surface area contributed by atoms with Crippen molar-refractivity contribution < 1.29 is 14.3 Å². The van der Waals surface area contributed by atoms with Crippen LogP contribution < -0.4 is 15.0 Å². The Kier molecular flexibility index (Phi) is 3.23. The SMILES string of the molecule is CCC(=O)Nc1ccc2c(c1)OC(C)C(=O)N2C. The van der Waals surface area contributed by atoms with Crippen molar-refractivity contribution in [3.63, 3.8) is 0 Å². The average molecular weight is 248 g/mol. The van der Waals surface area contributed by atoms with Gasteiger partial charge in [-0.05, 0) is 19.1 Å². The second-order valence-electron chi connectivity index (χ2n) is 4.24. The van der Waals surface area contributed by atoms with Crippen LogP contribution in [0.15, 0.2) is 18.2 Å². The molecule has 0 spiro atoms. The first-order chi connectivity index (χ1) is 8.52. The van der Waals surface area contributed by atoms with Gasteiger partial charge >= 0.3 is 0 Å². The van der Waals surface area contributed by atoms with Gasteiger partial charge in [0.05, 0.1) is 5.69 Å². The fourth-order valence-electron chi connectivity index (χ4n) is 1.85. The van der Waals surface area contributed by atoms with E-state index in [0.29, 0.717) is 23.5 Å². The molecule has 5 heteroatoms. The molecule has 0 radical (unpaired) electrons. The van der Waals surface area contributed by atoms with Crippen LogP contribution in [0.2, 0.25) is 0 Å². The Bertz CT molecular complexity index is 499. The molecule has 18 heavy (non-hydrogen) atoms. The first-order valence-corrected chi connectivity index (χ1v) is 5.91. The van der Waals surface area contributed by atoms with Crippen molar-refractivity contribution >= 4 is 23.2 Å². The number of carbonyl (C=O) groups is 2. The van der Waals surface area contributed by atoms with Gasteiger partial charge in [-0.3, -0.25) is 9.59 Å². The Labute approximate surface area is 106 Å². The van der Waals surface area contributed by atoms with E-state index in [-0.39, 0.29) is 11.8 Å². The lowest BCUT2D eigenvalue weighted by Gasteiger charge is -2.30. The lowest BCUT2D eigenvalue weighted by Crippen LogP contribution is -2.41. The summed E-state index contributed by atoms with van der Waals surface area (Å²) in [5, 5.41) is 2.76. The average Bonchev–Trinajstić information content (AvgIpc) is 2.35. The number of nitrogens with one attached hydrogen (secondary N) is 1. The van der Waals surface area contributed by atoms with Crippen molar-refractivity contribution in [3.05, 3.63) is 18.2 Å². The fraction of sp³-hybridized carbons (Fsp3) is 0.385. The third-order valence-corrected chi connectivity index (χ3v) is 2.91. The highest BCUT2D eigenvalue weighted by Crippen LogP contribution is 2.35. The number of carbonyl (C=O) groups excluding carboxylic acids is 2. The molecule has 1 N–H and O–H groups in total. The number of amides is 2. The second-order valence-corrected chi connectivity index (χ2v) is 4.24. The minimum absolute atomic E-state index is 0.0526. The highest BCUT2D eigenvalue weighted by molar-refractivity contribution is 6.00. The maximum absolute atomic E-state index is 11.7. The second kappa shape index (κ2) is 4.68. The smallest absolute Gasteiger partial charge is 0.267 e. The number of rotatable bonds is 2. The molecule has 1 aliphatic rings. The number of fused-ring (bicyclic) bond motifs is 1. The van der Waals surface area contributed by atoms with Crippen LogP contribution in [0.25, 0.3) is 0 Å². The van der Waals surface area contributed by atoms with E-state index in [1.54, 1.807) is 44.0 Å². The topological polar surface area (TPSA) is 58.6 Å². The van der Waals surface area contributed by atoms with Crippen LogP contribution in [0, 0.1) is 0 Å². The van der Waals surface area contributed by atoms with Crippen LogP contribution >= 0.6 is 0 Å². The highest BCUT2D eigenvalue weighted by atomic mass is 16.5. The summed E-state index contributed by atoms with van der Waals surface area (Å²) in [4.78, 5) is 24.6. The summed E-state index contributed by atoms with van der Waals surface area (Å²) in [6.07, 6.45) is -0.0770. The molecule has 1 unspecified atom stereocenters. The van der Waals surface area contributed by atoms with Gasteiger partial charge in [-0.2, -0.15) is 0 Å². The standard InChI is InChI=1S/C13H16N2O3/c1-4-12(16)14-9-5-6-10-11(7-9)18-8(2)13(17)15(10)3/h5-8H,4H2,1-3H3,(H,14,16). The van der Waals surface area contributed by atoms with Gasteiger partial charge < -0.3 is 15.0 Å². The third kappa shape index (κ3) is 2.16. The van der Waals surface area contributed by atoms with Gasteiger partial charge in [0.2, 0.25) is 5.91 Å². The Morgan fingerprint density at radius 3 is 2.89 bits per heavy atom. The maximum atomic E-state index is 11.7. The molecular formula is C13H16N2O3. The molecule has 1 heterocycles. The molecule has 0 aliphatic carbocycles. The van der Waals surface area contributed by atoms with E-state index in [1.807, 2.05) is 0 Å². The van der Waals surface area contributed by atoms with Crippen LogP contribution in [0.5, 0.6) is 5.75 Å². The Morgan fingerprint density at radius 2 is 2.22 bits per heavy atom. The highest BCUT2D eigenvalue weighted by Gasteiger charge is 2.28. The summed E-state index contributed by atoms with van der Waals surface area (Å²) in [6, 6.07) is 5.27. The van der Waals surface area contributed by atoms with E-state index in [2.05, 4.69) is 5.32 Å². The largest absolute Gasteiger partial charge is 0.479 e. The van der Waals surface area contributed by atoms with Gasteiger partial charge in [0.15, 0.2) is 6.10 Å². The Hall–Kier alpha value is -2.04. The molecule has 1 atom stereocenters. The third-order valence-electron chi connectivity index (χ3n) is 2.91. The molecule has 1 aromatic carbocycles. The van der Waals surface area contributed by atoms with Crippen LogP contribution in [0.4, 0.5) is 11.4 Å². The molecule has 1 aromatic rings. The van der Waals surface area contributed by atoms with E-state index in [4.69, 9.17) is 4.74 Å². The molecular weight excluding hydrogens is 232 g/mol. The molecule has 0 aromatic heterocycles. The van der Waals surface area contributed by atoms with E-state index in [0.717, 1.165) is 0 Å². The van der Waals surface area contributed by atoms with Gasteiger partial charge in [0, 0.05) is 25.2 Å². The van der Waals surface area contributed by atoms with Crippen molar-refractivity contribution in [2.45, 2.75) is 26.4 Å². The van der Waals surface area contributed by atoms with E-state index < -0.39 is 6.10 Å². The molecule has 0 saturated heterocycles. The fourth-order valence-corrected chi connectivity index (χ4v) is 1.85. The summed E-state index contributed by atoms with van der Waals surface area (Å²) < 4.78 is 5.53. The molecule has 0 bridgehead atoms. The van der Waals surface area contributed by atoms with E-state index >= 15 is 0 Å². The quantitative estimate of drug-likeness (QED) is 0.867. The number of anilines is 2. The first kappa shape index (κ1) is 12.4. The van der Waals surface area contributed by atoms with Gasteiger partial charge in [0.1, 0.15) is 5.75 Å². The lowest BCUT2D eigenvalue weighted by molar-refractivity contribution is -0.125. The Balaban J connectivity index is 2.30. The van der Waals surface area contributed by atoms with Crippen molar-refractivity contribution in [2.75, 3.05) is 17.3 Å². The number of benzene rings is 1. The molecule has 0 fully saturated rings. The van der Waals surface area contributed by atoms with Crippen LogP contribution in [-0.2, 0) is 9.59 Å². The predicted octanol–water partition coefficient (Wildman–Crippen LogP) is 1.78. The van der Waals surface area contributed by atoms with Crippen molar-refractivity contribution in [3.8, 4) is 5.75 Å². The van der Waals surface area contributed by atoms with Gasteiger partial charge in [0.25, 0.3) is 5.91 Å². The molecule has 5 nitrogen and oxygen atoms in total. The van der Waals surface area contributed by atoms with Crippen molar-refractivity contribution in [1.29, 1.82) is 0 Å². The molecule has 2 amide bonds. The first-order valence-electron chi connectivity index (χ1n) is 5.91. The van der Waals surface area contributed by atoms with Crippen LogP contribution in [-0.4, -0.2) is 25.0 Å². The monoisotopic (exact) mass is 248 g/mol. The zero-order valence-electron chi connectivity index (χ0n) is 10.7. The molecule has 96 valence electrons. The normalized spacial score (nSPS) is 18.1. The molecule has 2 rings (SSSR count). The maximum Gasteiger partial charge on any atom is 0.267 e. The van der Waals surface area contributed by atoms with Crippen molar-refractivity contribution in [1.82, 2.24) is 0 Å². The van der Waals surface area contributed by atoms with Gasteiger partial charge in [-0.25, -0.2) is 0 Å². The molecule has 1 aliphatic heterocycles. The van der Waals surface area contributed by atoms with E-state index in [9.17, 15) is 9.59 Å². The van der Waals surface area contributed by atoms with Gasteiger partial charge in [-0.1, -0.05) is 6.92 Å². The number of nitrogens with zero attached hydrogens (tertiary/aromatic N) is 1. The summed E-state index contributed by atoms with van der Waals surface area (Å²) in [5.74, 6) is 0.481. The molecule has 0 saturated carbocycles. The van der Waals surface area contributed by atoms with Crippen molar-refractivity contribution in [2.24, 2.45) is 0 Å². The van der Waals surface area contributed by atoms with Gasteiger partial charge in [-0.15, -0.1) is 0 Å². The lowest BCUT2D eigenvalue weighted by atomic mass is 10.2. The minimum Gasteiger partial charge on any atom is -0.479 e. The summed E-state index contributed by atoms with van der Waals surface area (Å²) in [7, 11) is 1.71. The predicted molar refractivity (Wildman–Crippen MR) is 68.9 cm³/mol. The number of likely N-dealkylation sites (N-methyl/N-ethyl adjacent to an activating group) is 1. The number of hydrogen-bond acceptors (Lipinski definition) is 3. The Morgan fingerprint density at radius 1 is 1.50 bits per heavy atom. The minimum atomic E-state index is -0.500. The number of ether oxygens (including phenoxy) is 1. The summed E-state index contributed by atoms with van der Waals surface area (Å²) >= 11 is 0. The summed E-state index contributed by atoms with van der Waals surface area (Å²) in [5.41, 5.74) is 1.39. The number of hydrogen-bond donors (Lipinski definition) is 1.